The van der Waals surface area contributed by atoms with Crippen molar-refractivity contribution in [3.05, 3.63) is 81.5 Å². The van der Waals surface area contributed by atoms with Crippen molar-refractivity contribution >= 4 is 44.2 Å². The summed E-state index contributed by atoms with van der Waals surface area (Å²) in [5.74, 6) is 0.531. The molecule has 0 radical (unpaired) electrons. The average molecular weight is 476 g/mol. The summed E-state index contributed by atoms with van der Waals surface area (Å²) < 4.78 is 3.74. The third-order valence-electron chi connectivity index (χ3n) is 6.29. The quantitative estimate of drug-likeness (QED) is 0.279. The first-order valence-electron chi connectivity index (χ1n) is 10.5. The molecule has 152 valence electrons. The fourth-order valence-electron chi connectivity index (χ4n) is 4.75. The topological polar surface area (TPSA) is 4.93 Å². The average Bonchev–Trinajstić information content (AvgIpc) is 3.20. The van der Waals surface area contributed by atoms with Crippen LogP contribution in [0.1, 0.15) is 50.1 Å². The van der Waals surface area contributed by atoms with Crippen molar-refractivity contribution in [2.45, 2.75) is 40.0 Å². The van der Waals surface area contributed by atoms with Gasteiger partial charge in [-0.1, -0.05) is 88.4 Å². The van der Waals surface area contributed by atoms with Gasteiger partial charge in [-0.3, -0.25) is 0 Å². The second-order valence-corrected chi connectivity index (χ2v) is 10.8. The van der Waals surface area contributed by atoms with Crippen LogP contribution in [0.4, 0.5) is 0 Å². The van der Waals surface area contributed by atoms with Gasteiger partial charge in [0.25, 0.3) is 0 Å². The Balaban J connectivity index is 1.88. The van der Waals surface area contributed by atoms with Crippen LogP contribution in [-0.2, 0) is 5.41 Å². The van der Waals surface area contributed by atoms with E-state index < -0.39 is 0 Å². The largest absolute Gasteiger partial charge is 0.304 e. The smallest absolute Gasteiger partial charge is 0.106 e. The van der Waals surface area contributed by atoms with Gasteiger partial charge in [0.1, 0.15) is 5.00 Å². The van der Waals surface area contributed by atoms with Crippen LogP contribution in [0.25, 0.3) is 32.4 Å². The SMILES string of the molecule is Cc1c(C=CC(C)C)c2cccc3c2n1-c1sc(-c2ccccc2)c(Br)c1C3(C)C. The minimum absolute atomic E-state index is 0.0724. The molecule has 1 aliphatic rings. The normalized spacial score (nSPS) is 14.8. The fourth-order valence-corrected chi connectivity index (χ4v) is 7.46. The van der Waals surface area contributed by atoms with Crippen molar-refractivity contribution in [3.8, 4) is 15.4 Å². The number of nitrogens with zero attached hydrogens (tertiary/aromatic N) is 1. The lowest BCUT2D eigenvalue weighted by Crippen LogP contribution is -2.25. The zero-order chi connectivity index (χ0) is 21.2. The highest BCUT2D eigenvalue weighted by molar-refractivity contribution is 9.10. The Labute approximate surface area is 191 Å². The molecular formula is C27H26BrNS. The van der Waals surface area contributed by atoms with Crippen molar-refractivity contribution in [2.75, 3.05) is 0 Å². The van der Waals surface area contributed by atoms with Gasteiger partial charge >= 0.3 is 0 Å². The first kappa shape index (κ1) is 19.8. The van der Waals surface area contributed by atoms with E-state index in [2.05, 4.69) is 116 Å². The number of thiophene rings is 1. The molecule has 1 nitrogen and oxygen atoms in total. The lowest BCUT2D eigenvalue weighted by molar-refractivity contribution is 0.629. The molecule has 3 heterocycles. The van der Waals surface area contributed by atoms with Gasteiger partial charge in [-0.2, -0.15) is 0 Å². The standard InChI is InChI=1S/C27H26BrNS/c1-16(2)14-15-19-17(3)29-24-20(19)12-9-13-21(24)27(4,5)22-23(28)25(30-26(22)29)18-10-7-6-8-11-18/h6-16H,1-5H3. The van der Waals surface area contributed by atoms with Crippen molar-refractivity contribution in [3.63, 3.8) is 0 Å². The summed E-state index contributed by atoms with van der Waals surface area (Å²) in [5, 5.41) is 2.70. The summed E-state index contributed by atoms with van der Waals surface area (Å²) in [5.41, 5.74) is 8.02. The molecule has 5 rings (SSSR count). The number of allylic oxidation sites excluding steroid dienone is 1. The number of para-hydroxylation sites is 1. The van der Waals surface area contributed by atoms with E-state index in [4.69, 9.17) is 0 Å². The zero-order valence-corrected chi connectivity index (χ0v) is 20.5. The molecule has 2 aromatic carbocycles. The van der Waals surface area contributed by atoms with Crippen molar-refractivity contribution < 1.29 is 0 Å². The van der Waals surface area contributed by atoms with Crippen LogP contribution < -0.4 is 0 Å². The maximum Gasteiger partial charge on any atom is 0.106 e. The van der Waals surface area contributed by atoms with Gasteiger partial charge in [0.15, 0.2) is 0 Å². The van der Waals surface area contributed by atoms with E-state index in [0.717, 1.165) is 0 Å². The second-order valence-electron chi connectivity index (χ2n) is 9.06. The highest BCUT2D eigenvalue weighted by Gasteiger charge is 2.39. The van der Waals surface area contributed by atoms with Crippen LogP contribution in [0.2, 0.25) is 0 Å². The highest BCUT2D eigenvalue weighted by atomic mass is 79.9. The number of fused-ring (bicyclic) bond motifs is 2. The highest BCUT2D eigenvalue weighted by Crippen LogP contribution is 2.55. The summed E-state index contributed by atoms with van der Waals surface area (Å²) in [4.78, 5) is 1.31. The first-order valence-corrected chi connectivity index (χ1v) is 12.1. The summed E-state index contributed by atoms with van der Waals surface area (Å²) in [7, 11) is 0. The third kappa shape index (κ3) is 2.72. The molecule has 0 aliphatic carbocycles. The number of aromatic nitrogens is 1. The number of rotatable bonds is 3. The van der Waals surface area contributed by atoms with Gasteiger partial charge in [0.2, 0.25) is 0 Å². The predicted molar refractivity (Wildman–Crippen MR) is 135 cm³/mol. The lowest BCUT2D eigenvalue weighted by atomic mass is 9.76. The lowest BCUT2D eigenvalue weighted by Gasteiger charge is -2.33. The van der Waals surface area contributed by atoms with Crippen LogP contribution in [0.15, 0.2) is 59.1 Å². The summed E-state index contributed by atoms with van der Waals surface area (Å²) in [6.45, 7) is 11.5. The Bertz CT molecular complexity index is 1300. The number of hydrogen-bond acceptors (Lipinski definition) is 1. The molecule has 30 heavy (non-hydrogen) atoms. The van der Waals surface area contributed by atoms with Crippen LogP contribution in [0.5, 0.6) is 0 Å². The van der Waals surface area contributed by atoms with E-state index in [1.807, 2.05) is 11.3 Å². The van der Waals surface area contributed by atoms with Gasteiger partial charge in [0.05, 0.1) is 10.4 Å². The molecule has 0 amide bonds. The minimum atomic E-state index is -0.0724. The van der Waals surface area contributed by atoms with Crippen LogP contribution >= 0.6 is 27.3 Å². The third-order valence-corrected chi connectivity index (χ3v) is 8.57. The number of benzene rings is 2. The molecule has 0 spiro atoms. The van der Waals surface area contributed by atoms with Crippen molar-refractivity contribution in [2.24, 2.45) is 5.92 Å². The summed E-state index contributed by atoms with van der Waals surface area (Å²) in [6.07, 6.45) is 4.63. The molecule has 1 aliphatic heterocycles. The van der Waals surface area contributed by atoms with Gasteiger partial charge in [-0.25, -0.2) is 0 Å². The van der Waals surface area contributed by atoms with Crippen molar-refractivity contribution in [1.82, 2.24) is 4.57 Å². The van der Waals surface area contributed by atoms with Gasteiger partial charge in [0, 0.05) is 32.1 Å². The van der Waals surface area contributed by atoms with Crippen LogP contribution in [0, 0.1) is 12.8 Å². The zero-order valence-electron chi connectivity index (χ0n) is 18.1. The van der Waals surface area contributed by atoms with Gasteiger partial charge in [-0.05, 0) is 39.9 Å². The Morgan fingerprint density at radius 2 is 1.77 bits per heavy atom. The second kappa shape index (κ2) is 6.96. The molecule has 3 heteroatoms. The number of halogens is 1. The first-order chi connectivity index (χ1) is 14.3. The molecule has 0 saturated carbocycles. The molecule has 0 atom stereocenters. The maximum atomic E-state index is 4.01. The van der Waals surface area contributed by atoms with Crippen LogP contribution in [0.3, 0.4) is 0 Å². The van der Waals surface area contributed by atoms with Crippen molar-refractivity contribution in [1.29, 1.82) is 0 Å². The molecule has 0 bridgehead atoms. The van der Waals surface area contributed by atoms with E-state index >= 15 is 0 Å². The predicted octanol–water partition coefficient (Wildman–Crippen LogP) is 8.74. The molecule has 0 unspecified atom stereocenters. The fraction of sp³-hybridized carbons (Fsp3) is 0.259. The molecule has 0 N–H and O–H groups in total. The Kier molecular flexibility index (Phi) is 4.61. The Morgan fingerprint density at radius 1 is 1.03 bits per heavy atom. The van der Waals surface area contributed by atoms with Gasteiger partial charge in [-0.15, -0.1) is 11.3 Å². The minimum Gasteiger partial charge on any atom is -0.304 e. The number of hydrogen-bond donors (Lipinski definition) is 0. The maximum absolute atomic E-state index is 4.01. The summed E-state index contributed by atoms with van der Waals surface area (Å²) >= 11 is 5.91. The molecule has 0 fully saturated rings. The van der Waals surface area contributed by atoms with E-state index in [9.17, 15) is 0 Å². The van der Waals surface area contributed by atoms with E-state index in [-0.39, 0.29) is 5.41 Å². The van der Waals surface area contributed by atoms with E-state index in [0.29, 0.717) is 5.92 Å². The van der Waals surface area contributed by atoms with E-state index in [1.54, 1.807) is 0 Å². The summed E-state index contributed by atoms with van der Waals surface area (Å²) in [6, 6.07) is 17.5. The Morgan fingerprint density at radius 3 is 2.47 bits per heavy atom. The monoisotopic (exact) mass is 475 g/mol. The molecule has 0 saturated heterocycles. The molecule has 2 aromatic heterocycles. The van der Waals surface area contributed by atoms with Gasteiger partial charge < -0.3 is 4.57 Å². The molecule has 4 aromatic rings. The van der Waals surface area contributed by atoms with E-state index in [1.165, 1.54) is 53.2 Å². The molecular weight excluding hydrogens is 450 g/mol. The Hall–Kier alpha value is -2.10. The van der Waals surface area contributed by atoms with Crippen LogP contribution in [-0.4, -0.2) is 4.57 Å².